The van der Waals surface area contributed by atoms with E-state index in [1.54, 1.807) is 59.2 Å². The van der Waals surface area contributed by atoms with E-state index < -0.39 is 5.97 Å². The maximum absolute atomic E-state index is 12.2. The highest BCUT2D eigenvalue weighted by Crippen LogP contribution is 2.37. The van der Waals surface area contributed by atoms with Crippen LogP contribution >= 0.6 is 11.8 Å². The van der Waals surface area contributed by atoms with E-state index >= 15 is 0 Å². The molecular weight excluding hydrogens is 366 g/mol. The molecular formula is C19H17N3O4S. The summed E-state index contributed by atoms with van der Waals surface area (Å²) in [4.78, 5) is 29.8. The molecule has 0 bridgehead atoms. The van der Waals surface area contributed by atoms with Crippen molar-refractivity contribution in [1.29, 1.82) is 0 Å². The number of aromatic hydroxyl groups is 1. The Labute approximate surface area is 160 Å². The summed E-state index contributed by atoms with van der Waals surface area (Å²) in [5.74, 6) is -0.854. The molecule has 2 aromatic rings. The number of anilines is 1. The maximum atomic E-state index is 12.2. The van der Waals surface area contributed by atoms with Gasteiger partial charge in [0.1, 0.15) is 18.1 Å². The molecule has 0 spiro atoms. The Morgan fingerprint density at radius 3 is 2.78 bits per heavy atom. The van der Waals surface area contributed by atoms with E-state index in [-0.39, 0.29) is 24.6 Å². The molecule has 0 saturated heterocycles. The summed E-state index contributed by atoms with van der Waals surface area (Å²) in [6.45, 7) is 0.0736. The standard InChI is InChI=1S/C19H17N3O4S/c23-15-5-3-4-13(14(15)10-19(25)26)16-11-22(8-9-27-16)12-18(24)21-17-6-1-2-7-20-17/h1-9,11,23H,10,12H2,(H,25,26)(H,20,21,24). The summed E-state index contributed by atoms with van der Waals surface area (Å²) >= 11 is 1.39. The Bertz CT molecular complexity index is 912. The molecule has 0 atom stereocenters. The molecule has 0 saturated carbocycles. The highest BCUT2D eigenvalue weighted by atomic mass is 32.2. The lowest BCUT2D eigenvalue weighted by atomic mass is 10.0. The number of phenolic OH excluding ortho intramolecular Hbond substituents is 1. The molecule has 3 rings (SSSR count). The zero-order valence-corrected chi connectivity index (χ0v) is 15.0. The van der Waals surface area contributed by atoms with Crippen LogP contribution in [-0.2, 0) is 16.0 Å². The van der Waals surface area contributed by atoms with Crippen molar-refractivity contribution >= 4 is 34.4 Å². The Hall–Kier alpha value is -3.26. The third kappa shape index (κ3) is 4.89. The summed E-state index contributed by atoms with van der Waals surface area (Å²) in [5, 5.41) is 23.7. The van der Waals surface area contributed by atoms with Crippen LogP contribution in [0.1, 0.15) is 11.1 Å². The number of aromatic nitrogens is 1. The third-order valence-electron chi connectivity index (χ3n) is 3.73. The number of hydrogen-bond acceptors (Lipinski definition) is 6. The molecule has 7 nitrogen and oxygen atoms in total. The number of carbonyl (C=O) groups is 2. The molecule has 2 heterocycles. The molecule has 0 unspecified atom stereocenters. The predicted molar refractivity (Wildman–Crippen MR) is 104 cm³/mol. The van der Waals surface area contributed by atoms with E-state index in [1.165, 1.54) is 17.8 Å². The predicted octanol–water partition coefficient (Wildman–Crippen LogP) is 2.87. The number of carboxylic acids is 1. The smallest absolute Gasteiger partial charge is 0.307 e. The van der Waals surface area contributed by atoms with Crippen molar-refractivity contribution in [3.05, 3.63) is 71.5 Å². The van der Waals surface area contributed by atoms with Gasteiger partial charge in [-0.1, -0.05) is 30.0 Å². The fourth-order valence-corrected chi connectivity index (χ4v) is 3.44. The van der Waals surface area contributed by atoms with Gasteiger partial charge in [0.25, 0.3) is 0 Å². The van der Waals surface area contributed by atoms with E-state index in [4.69, 9.17) is 5.11 Å². The molecule has 1 aliphatic rings. The maximum Gasteiger partial charge on any atom is 0.307 e. The minimum atomic E-state index is -1.03. The van der Waals surface area contributed by atoms with Crippen molar-refractivity contribution < 1.29 is 19.8 Å². The van der Waals surface area contributed by atoms with Crippen molar-refractivity contribution in [3.8, 4) is 5.75 Å². The highest BCUT2D eigenvalue weighted by Gasteiger charge is 2.18. The Morgan fingerprint density at radius 2 is 2.04 bits per heavy atom. The molecule has 0 fully saturated rings. The molecule has 0 radical (unpaired) electrons. The summed E-state index contributed by atoms with van der Waals surface area (Å²) in [7, 11) is 0. The van der Waals surface area contributed by atoms with Crippen LogP contribution < -0.4 is 5.32 Å². The van der Waals surface area contributed by atoms with Crippen LogP contribution in [-0.4, -0.2) is 38.5 Å². The van der Waals surface area contributed by atoms with Crippen LogP contribution in [0.3, 0.4) is 0 Å². The molecule has 1 aliphatic heterocycles. The van der Waals surface area contributed by atoms with Gasteiger partial charge < -0.3 is 20.4 Å². The van der Waals surface area contributed by atoms with Gasteiger partial charge in [0.2, 0.25) is 5.91 Å². The lowest BCUT2D eigenvalue weighted by Crippen LogP contribution is -2.27. The van der Waals surface area contributed by atoms with E-state index in [2.05, 4.69) is 10.3 Å². The lowest BCUT2D eigenvalue weighted by molar-refractivity contribution is -0.136. The zero-order valence-electron chi connectivity index (χ0n) is 14.2. The Morgan fingerprint density at radius 1 is 1.19 bits per heavy atom. The van der Waals surface area contributed by atoms with Crippen LogP contribution in [0.25, 0.3) is 4.91 Å². The molecule has 3 N–H and O–H groups in total. The van der Waals surface area contributed by atoms with Gasteiger partial charge in [-0.2, -0.15) is 0 Å². The van der Waals surface area contributed by atoms with E-state index in [0.29, 0.717) is 16.9 Å². The van der Waals surface area contributed by atoms with Gasteiger partial charge in [0.05, 0.1) is 6.42 Å². The van der Waals surface area contributed by atoms with Crippen molar-refractivity contribution in [2.75, 3.05) is 11.9 Å². The molecule has 138 valence electrons. The molecule has 1 aromatic heterocycles. The topological polar surface area (TPSA) is 103 Å². The number of phenols is 1. The number of amides is 1. The summed E-state index contributed by atoms with van der Waals surface area (Å²) in [5.41, 5.74) is 0.971. The van der Waals surface area contributed by atoms with Crippen LogP contribution in [0.2, 0.25) is 0 Å². The number of aliphatic carboxylic acids is 1. The quantitative estimate of drug-likeness (QED) is 0.705. The van der Waals surface area contributed by atoms with Crippen LogP contribution in [0.4, 0.5) is 5.82 Å². The molecule has 1 amide bonds. The first-order valence-electron chi connectivity index (χ1n) is 8.08. The van der Waals surface area contributed by atoms with Gasteiger partial charge in [-0.3, -0.25) is 9.59 Å². The second kappa shape index (κ2) is 8.41. The van der Waals surface area contributed by atoms with Crippen molar-refractivity contribution in [2.24, 2.45) is 0 Å². The van der Waals surface area contributed by atoms with Crippen molar-refractivity contribution in [2.45, 2.75) is 6.42 Å². The fourth-order valence-electron chi connectivity index (χ4n) is 2.56. The van der Waals surface area contributed by atoms with Crippen molar-refractivity contribution in [1.82, 2.24) is 9.88 Å². The van der Waals surface area contributed by atoms with E-state index in [0.717, 1.165) is 4.91 Å². The average molecular weight is 383 g/mol. The Balaban J connectivity index is 1.76. The molecule has 0 aliphatic carbocycles. The summed E-state index contributed by atoms with van der Waals surface area (Å²) in [6, 6.07) is 10.1. The monoisotopic (exact) mass is 383 g/mol. The van der Waals surface area contributed by atoms with Gasteiger partial charge in [-0.25, -0.2) is 4.98 Å². The van der Waals surface area contributed by atoms with Gasteiger partial charge >= 0.3 is 5.97 Å². The highest BCUT2D eigenvalue weighted by molar-refractivity contribution is 8.11. The SMILES string of the molecule is O=C(O)Cc1c(O)cccc1C1=CN(CC(=O)Nc2ccccn2)C=CS1. The van der Waals surface area contributed by atoms with E-state index in [9.17, 15) is 14.7 Å². The third-order valence-corrected chi connectivity index (χ3v) is 4.57. The number of rotatable bonds is 6. The Kier molecular flexibility index (Phi) is 5.77. The van der Waals surface area contributed by atoms with Crippen LogP contribution in [0, 0.1) is 0 Å². The normalized spacial score (nSPS) is 13.2. The summed E-state index contributed by atoms with van der Waals surface area (Å²) < 4.78 is 0. The number of carbonyl (C=O) groups excluding carboxylic acids is 1. The zero-order chi connectivity index (χ0) is 19.2. The van der Waals surface area contributed by atoms with Gasteiger partial charge in [0.15, 0.2) is 0 Å². The number of thioether (sulfide) groups is 1. The molecule has 27 heavy (non-hydrogen) atoms. The number of benzene rings is 1. The van der Waals surface area contributed by atoms with Gasteiger partial charge in [-0.05, 0) is 29.2 Å². The number of nitrogens with one attached hydrogen (secondary N) is 1. The first-order valence-corrected chi connectivity index (χ1v) is 8.95. The largest absolute Gasteiger partial charge is 0.508 e. The van der Waals surface area contributed by atoms with Crippen LogP contribution in [0.15, 0.2) is 60.4 Å². The van der Waals surface area contributed by atoms with Crippen molar-refractivity contribution in [3.63, 3.8) is 0 Å². The number of carboxylic acid groups (broad SMARTS) is 1. The van der Waals surface area contributed by atoms with Gasteiger partial charge in [0, 0.05) is 29.1 Å². The van der Waals surface area contributed by atoms with Gasteiger partial charge in [-0.15, -0.1) is 0 Å². The second-order valence-electron chi connectivity index (χ2n) is 5.71. The molecule has 1 aromatic carbocycles. The average Bonchev–Trinajstić information content (AvgIpc) is 2.64. The molecule has 8 heteroatoms. The van der Waals surface area contributed by atoms with E-state index in [1.807, 2.05) is 0 Å². The number of nitrogens with zero attached hydrogens (tertiary/aromatic N) is 2. The van der Waals surface area contributed by atoms with Crippen LogP contribution in [0.5, 0.6) is 5.75 Å². The minimum Gasteiger partial charge on any atom is -0.508 e. The number of pyridine rings is 1. The lowest BCUT2D eigenvalue weighted by Gasteiger charge is -2.22. The second-order valence-corrected chi connectivity index (χ2v) is 6.65. The summed E-state index contributed by atoms with van der Waals surface area (Å²) in [6.07, 6.45) is 4.81. The first-order chi connectivity index (χ1) is 13.0. The first kappa shape index (κ1) is 18.5. The number of hydrogen-bond donors (Lipinski definition) is 3. The minimum absolute atomic E-state index is 0.0644. The fraction of sp³-hybridized carbons (Fsp3) is 0.105.